The van der Waals surface area contributed by atoms with E-state index in [9.17, 15) is 0 Å². The summed E-state index contributed by atoms with van der Waals surface area (Å²) in [6.45, 7) is 6.61. The van der Waals surface area contributed by atoms with Crippen LogP contribution in [-0.2, 0) is 0 Å². The lowest BCUT2D eigenvalue weighted by atomic mass is 10.1. The summed E-state index contributed by atoms with van der Waals surface area (Å²) in [6, 6.07) is 0. The van der Waals surface area contributed by atoms with Crippen LogP contribution in [0.3, 0.4) is 0 Å². The molecule has 0 heterocycles. The first kappa shape index (κ1) is 12.4. The molecule has 0 aliphatic heterocycles. The molecule has 0 bridgehead atoms. The number of aliphatic hydroxyl groups is 1. The van der Waals surface area contributed by atoms with Crippen molar-refractivity contribution in [2.75, 3.05) is 6.61 Å². The molecule has 0 saturated carbocycles. The van der Waals surface area contributed by atoms with E-state index in [1.165, 1.54) is 12.0 Å². The smallest absolute Gasteiger partial charge is 0.0644 e. The fraction of sp³-hybridized carbons (Fsp3) is 0.667. The second-order valence-corrected chi connectivity index (χ2v) is 3.24. The molecule has 0 aromatic carbocycles. The van der Waals surface area contributed by atoms with Crippen LogP contribution in [0.25, 0.3) is 0 Å². The van der Waals surface area contributed by atoms with Gasteiger partial charge in [-0.1, -0.05) is 44.9 Å². The quantitative estimate of drug-likeness (QED) is 0.624. The first-order valence-electron chi connectivity index (χ1n) is 5.27. The van der Waals surface area contributed by atoms with Gasteiger partial charge in [0.2, 0.25) is 0 Å². The highest BCUT2D eigenvalue weighted by atomic mass is 16.3. The molecule has 0 fully saturated rings. The zero-order valence-electron chi connectivity index (χ0n) is 9.14. The SMILES string of the molecule is CCCC=C(C=C(CC)CO)CC. The predicted octanol–water partition coefficient (Wildman–Crippen LogP) is 3.45. The summed E-state index contributed by atoms with van der Waals surface area (Å²) in [5.74, 6) is 0. The maximum absolute atomic E-state index is 9.00. The molecular formula is C12H22O. The largest absolute Gasteiger partial charge is 0.392 e. The summed E-state index contributed by atoms with van der Waals surface area (Å²) in [5, 5.41) is 9.00. The van der Waals surface area contributed by atoms with E-state index in [-0.39, 0.29) is 6.61 Å². The number of rotatable bonds is 6. The van der Waals surface area contributed by atoms with E-state index in [1.54, 1.807) is 0 Å². The van der Waals surface area contributed by atoms with Crippen molar-refractivity contribution in [1.29, 1.82) is 0 Å². The van der Waals surface area contributed by atoms with Crippen molar-refractivity contribution < 1.29 is 5.11 Å². The molecule has 1 N–H and O–H groups in total. The van der Waals surface area contributed by atoms with Crippen LogP contribution in [0.5, 0.6) is 0 Å². The summed E-state index contributed by atoms with van der Waals surface area (Å²) in [5.41, 5.74) is 2.48. The Kier molecular flexibility index (Phi) is 7.71. The first-order chi connectivity index (χ1) is 6.28. The van der Waals surface area contributed by atoms with E-state index in [1.807, 2.05) is 0 Å². The van der Waals surface area contributed by atoms with Gasteiger partial charge >= 0.3 is 0 Å². The van der Waals surface area contributed by atoms with Gasteiger partial charge in [-0.25, -0.2) is 0 Å². The molecule has 0 saturated heterocycles. The lowest BCUT2D eigenvalue weighted by molar-refractivity contribution is 0.327. The third-order valence-corrected chi connectivity index (χ3v) is 2.15. The predicted molar refractivity (Wildman–Crippen MR) is 58.7 cm³/mol. The lowest BCUT2D eigenvalue weighted by Crippen LogP contribution is -1.89. The number of unbranched alkanes of at least 4 members (excludes halogenated alkanes) is 1. The van der Waals surface area contributed by atoms with Gasteiger partial charge in [0.05, 0.1) is 6.61 Å². The van der Waals surface area contributed by atoms with Crippen molar-refractivity contribution in [3.8, 4) is 0 Å². The van der Waals surface area contributed by atoms with Gasteiger partial charge in [-0.2, -0.15) is 0 Å². The second-order valence-electron chi connectivity index (χ2n) is 3.24. The second kappa shape index (κ2) is 8.06. The average molecular weight is 182 g/mol. The van der Waals surface area contributed by atoms with Gasteiger partial charge in [-0.3, -0.25) is 0 Å². The Morgan fingerprint density at radius 2 is 1.85 bits per heavy atom. The van der Waals surface area contributed by atoms with Gasteiger partial charge < -0.3 is 5.11 Å². The van der Waals surface area contributed by atoms with E-state index in [0.717, 1.165) is 24.8 Å². The minimum absolute atomic E-state index is 0.194. The Morgan fingerprint density at radius 1 is 1.15 bits per heavy atom. The monoisotopic (exact) mass is 182 g/mol. The lowest BCUT2D eigenvalue weighted by Gasteiger charge is -2.02. The van der Waals surface area contributed by atoms with E-state index < -0.39 is 0 Å². The molecule has 0 atom stereocenters. The maximum Gasteiger partial charge on any atom is 0.0644 e. The zero-order chi connectivity index (χ0) is 10.1. The Bertz CT molecular complexity index is 172. The van der Waals surface area contributed by atoms with Gasteiger partial charge in [0.25, 0.3) is 0 Å². The summed E-state index contributed by atoms with van der Waals surface area (Å²) in [4.78, 5) is 0. The average Bonchev–Trinajstić information content (AvgIpc) is 2.19. The van der Waals surface area contributed by atoms with Crippen LogP contribution >= 0.6 is 0 Å². The highest BCUT2D eigenvalue weighted by Crippen LogP contribution is 2.10. The normalized spacial score (nSPS) is 13.5. The van der Waals surface area contributed by atoms with Gasteiger partial charge in [0.1, 0.15) is 0 Å². The highest BCUT2D eigenvalue weighted by Gasteiger charge is 1.93. The van der Waals surface area contributed by atoms with Gasteiger partial charge in [0.15, 0.2) is 0 Å². The third kappa shape index (κ3) is 5.64. The highest BCUT2D eigenvalue weighted by molar-refractivity contribution is 5.23. The molecule has 0 amide bonds. The molecule has 1 nitrogen and oxygen atoms in total. The molecule has 0 spiro atoms. The minimum atomic E-state index is 0.194. The molecule has 0 rings (SSSR count). The van der Waals surface area contributed by atoms with Gasteiger partial charge in [-0.15, -0.1) is 0 Å². The standard InChI is InChI=1S/C12H22O/c1-4-7-8-11(5-2)9-12(6-3)10-13/h8-9,13H,4-7,10H2,1-3H3. The summed E-state index contributed by atoms with van der Waals surface area (Å²) >= 11 is 0. The topological polar surface area (TPSA) is 20.2 Å². The molecule has 76 valence electrons. The molecule has 0 radical (unpaired) electrons. The summed E-state index contributed by atoms with van der Waals surface area (Å²) in [7, 11) is 0. The van der Waals surface area contributed by atoms with Crippen molar-refractivity contribution in [3.05, 3.63) is 23.3 Å². The molecule has 13 heavy (non-hydrogen) atoms. The van der Waals surface area contributed by atoms with Gasteiger partial charge in [-0.05, 0) is 24.8 Å². The fourth-order valence-corrected chi connectivity index (χ4v) is 1.16. The van der Waals surface area contributed by atoms with Crippen LogP contribution in [0.4, 0.5) is 0 Å². The zero-order valence-corrected chi connectivity index (χ0v) is 9.14. The van der Waals surface area contributed by atoms with Crippen LogP contribution in [0, 0.1) is 0 Å². The van der Waals surface area contributed by atoms with E-state index in [4.69, 9.17) is 5.11 Å². The molecule has 0 aliphatic carbocycles. The van der Waals surface area contributed by atoms with Crippen molar-refractivity contribution in [3.63, 3.8) is 0 Å². The summed E-state index contributed by atoms with van der Waals surface area (Å²) in [6.07, 6.45) is 8.74. The number of allylic oxidation sites excluding steroid dienone is 3. The van der Waals surface area contributed by atoms with Crippen molar-refractivity contribution in [2.24, 2.45) is 0 Å². The van der Waals surface area contributed by atoms with Crippen LogP contribution < -0.4 is 0 Å². The molecule has 1 heteroatoms. The minimum Gasteiger partial charge on any atom is -0.392 e. The number of aliphatic hydroxyl groups excluding tert-OH is 1. The van der Waals surface area contributed by atoms with E-state index >= 15 is 0 Å². The third-order valence-electron chi connectivity index (χ3n) is 2.15. The summed E-state index contributed by atoms with van der Waals surface area (Å²) < 4.78 is 0. The van der Waals surface area contributed by atoms with Crippen LogP contribution in [-0.4, -0.2) is 11.7 Å². The van der Waals surface area contributed by atoms with E-state index in [2.05, 4.69) is 32.9 Å². The molecule has 0 aromatic heterocycles. The number of hydrogen-bond donors (Lipinski definition) is 1. The van der Waals surface area contributed by atoms with Crippen LogP contribution in [0.1, 0.15) is 46.5 Å². The van der Waals surface area contributed by atoms with Crippen molar-refractivity contribution in [1.82, 2.24) is 0 Å². The van der Waals surface area contributed by atoms with Crippen LogP contribution in [0.2, 0.25) is 0 Å². The van der Waals surface area contributed by atoms with Crippen molar-refractivity contribution in [2.45, 2.75) is 46.5 Å². The van der Waals surface area contributed by atoms with E-state index in [0.29, 0.717) is 0 Å². The maximum atomic E-state index is 9.00. The molecule has 0 aromatic rings. The molecular weight excluding hydrogens is 160 g/mol. The van der Waals surface area contributed by atoms with Gasteiger partial charge in [0, 0.05) is 0 Å². The fourth-order valence-electron chi connectivity index (χ4n) is 1.16. The Hall–Kier alpha value is -0.560. The van der Waals surface area contributed by atoms with Crippen molar-refractivity contribution >= 4 is 0 Å². The van der Waals surface area contributed by atoms with Crippen LogP contribution in [0.15, 0.2) is 23.3 Å². The number of hydrogen-bond acceptors (Lipinski definition) is 1. The molecule has 0 unspecified atom stereocenters. The Balaban J connectivity index is 4.31. The first-order valence-corrected chi connectivity index (χ1v) is 5.27. The Labute approximate surface area is 82.2 Å². The Morgan fingerprint density at radius 3 is 2.23 bits per heavy atom. The molecule has 0 aliphatic rings.